The van der Waals surface area contributed by atoms with Crippen molar-refractivity contribution in [3.05, 3.63) is 34.9 Å². The van der Waals surface area contributed by atoms with Gasteiger partial charge in [-0.25, -0.2) is 9.97 Å². The molecule has 2 fully saturated rings. The molecular weight excluding hydrogens is 326 g/mol. The second kappa shape index (κ2) is 6.69. The Morgan fingerprint density at radius 1 is 1.21 bits per heavy atom. The molecule has 7 heteroatoms. The first-order valence-corrected chi connectivity index (χ1v) is 8.95. The van der Waals surface area contributed by atoms with Crippen LogP contribution in [0, 0.1) is 0 Å². The van der Waals surface area contributed by atoms with Gasteiger partial charge in [0.25, 0.3) is 0 Å². The molecule has 1 aliphatic heterocycles. The second-order valence-corrected chi connectivity index (χ2v) is 7.25. The molecule has 2 aromatic rings. The Balaban J connectivity index is 1.30. The van der Waals surface area contributed by atoms with Crippen LogP contribution in [-0.2, 0) is 6.54 Å². The minimum atomic E-state index is 0.460. The van der Waals surface area contributed by atoms with Crippen molar-refractivity contribution in [1.82, 2.24) is 20.0 Å². The van der Waals surface area contributed by atoms with Crippen LogP contribution in [0.25, 0.3) is 0 Å². The molecule has 0 radical (unpaired) electrons. The molecule has 0 unspecified atom stereocenters. The lowest BCUT2D eigenvalue weighted by atomic mass is 10.0. The average molecular weight is 348 g/mol. The van der Waals surface area contributed by atoms with Gasteiger partial charge in [-0.05, 0) is 25.7 Å². The first kappa shape index (κ1) is 15.8. The normalized spacial score (nSPS) is 19.6. The molecule has 0 amide bonds. The summed E-state index contributed by atoms with van der Waals surface area (Å²) in [6, 6.07) is 2.60. The van der Waals surface area contributed by atoms with E-state index in [4.69, 9.17) is 16.1 Å². The minimum Gasteiger partial charge on any atom is -0.361 e. The van der Waals surface area contributed by atoms with Gasteiger partial charge in [-0.3, -0.25) is 4.90 Å². The lowest BCUT2D eigenvalue weighted by molar-refractivity contribution is 0.197. The molecule has 6 nitrogen and oxygen atoms in total. The van der Waals surface area contributed by atoms with E-state index in [1.165, 1.54) is 12.8 Å². The average Bonchev–Trinajstić information content (AvgIpc) is 3.36. The van der Waals surface area contributed by atoms with Crippen molar-refractivity contribution in [2.24, 2.45) is 0 Å². The first-order chi connectivity index (χ1) is 11.7. The molecular formula is C17H22ClN5O. The van der Waals surface area contributed by atoms with E-state index in [2.05, 4.69) is 38.0 Å². The van der Waals surface area contributed by atoms with Gasteiger partial charge in [-0.15, -0.1) is 0 Å². The summed E-state index contributed by atoms with van der Waals surface area (Å²) in [6.07, 6.45) is 7.99. The molecule has 24 heavy (non-hydrogen) atoms. The summed E-state index contributed by atoms with van der Waals surface area (Å²) >= 11 is 5.86. The highest BCUT2D eigenvalue weighted by molar-refractivity contribution is 6.30. The number of rotatable bonds is 5. The summed E-state index contributed by atoms with van der Waals surface area (Å²) in [5, 5.41) is 4.79. The fourth-order valence-corrected chi connectivity index (χ4v) is 3.41. The zero-order valence-electron chi connectivity index (χ0n) is 13.9. The summed E-state index contributed by atoms with van der Waals surface area (Å²) in [4.78, 5) is 13.2. The second-order valence-electron chi connectivity index (χ2n) is 6.81. The fourth-order valence-electron chi connectivity index (χ4n) is 3.31. The summed E-state index contributed by atoms with van der Waals surface area (Å²) in [5.41, 5.74) is 1.06. The fraction of sp³-hybridized carbons (Fsp3) is 0.588. The summed E-state index contributed by atoms with van der Waals surface area (Å²) in [7, 11) is 2.06. The molecule has 0 N–H and O–H groups in total. The van der Waals surface area contributed by atoms with Crippen LogP contribution in [0.15, 0.2) is 23.0 Å². The lowest BCUT2D eigenvalue weighted by Gasteiger charge is -2.36. The van der Waals surface area contributed by atoms with Gasteiger partial charge < -0.3 is 9.42 Å². The largest absolute Gasteiger partial charge is 0.361 e. The zero-order chi connectivity index (χ0) is 16.5. The van der Waals surface area contributed by atoms with Crippen molar-refractivity contribution in [2.75, 3.05) is 25.0 Å². The highest BCUT2D eigenvalue weighted by atomic mass is 35.5. The number of piperidine rings is 1. The zero-order valence-corrected chi connectivity index (χ0v) is 14.6. The van der Waals surface area contributed by atoms with Crippen LogP contribution >= 0.6 is 11.6 Å². The van der Waals surface area contributed by atoms with Gasteiger partial charge in [-0.1, -0.05) is 16.8 Å². The summed E-state index contributed by atoms with van der Waals surface area (Å²) in [6.45, 7) is 2.98. The number of anilines is 1. The standard InChI is InChI=1S/C17H22ClN5O/c1-22(17-19-9-13(18)10-20-17)15-4-6-23(7-5-15)11-14-8-16(24-21-14)12-2-3-12/h8-10,12,15H,2-7,11H2,1H3. The predicted octanol–water partition coefficient (Wildman–Crippen LogP) is 3.10. The van der Waals surface area contributed by atoms with E-state index in [9.17, 15) is 0 Å². The predicted molar refractivity (Wildman–Crippen MR) is 92.2 cm³/mol. The van der Waals surface area contributed by atoms with Crippen molar-refractivity contribution in [1.29, 1.82) is 0 Å². The van der Waals surface area contributed by atoms with Gasteiger partial charge in [-0.2, -0.15) is 0 Å². The van der Waals surface area contributed by atoms with Gasteiger partial charge >= 0.3 is 0 Å². The number of aromatic nitrogens is 3. The Morgan fingerprint density at radius 2 is 1.92 bits per heavy atom. The van der Waals surface area contributed by atoms with Crippen LogP contribution in [0.1, 0.15) is 43.1 Å². The van der Waals surface area contributed by atoms with E-state index in [-0.39, 0.29) is 0 Å². The van der Waals surface area contributed by atoms with Crippen LogP contribution < -0.4 is 4.90 Å². The van der Waals surface area contributed by atoms with Gasteiger partial charge in [0.05, 0.1) is 23.1 Å². The summed E-state index contributed by atoms with van der Waals surface area (Å²) < 4.78 is 5.44. The molecule has 128 valence electrons. The third-order valence-electron chi connectivity index (χ3n) is 4.97. The van der Waals surface area contributed by atoms with Gasteiger partial charge in [0.2, 0.25) is 5.95 Å². The molecule has 1 saturated heterocycles. The molecule has 2 aromatic heterocycles. The first-order valence-electron chi connectivity index (χ1n) is 8.57. The van der Waals surface area contributed by atoms with Crippen molar-refractivity contribution in [3.8, 4) is 0 Å². The highest BCUT2D eigenvalue weighted by Crippen LogP contribution is 2.40. The minimum absolute atomic E-state index is 0.460. The van der Waals surface area contributed by atoms with E-state index in [1.807, 2.05) is 0 Å². The molecule has 0 atom stereocenters. The number of hydrogen-bond acceptors (Lipinski definition) is 6. The smallest absolute Gasteiger partial charge is 0.225 e. The van der Waals surface area contributed by atoms with Crippen molar-refractivity contribution < 1.29 is 4.52 Å². The number of hydrogen-bond donors (Lipinski definition) is 0. The maximum Gasteiger partial charge on any atom is 0.225 e. The summed E-state index contributed by atoms with van der Waals surface area (Å²) in [5.74, 6) is 2.44. The van der Waals surface area contributed by atoms with E-state index < -0.39 is 0 Å². The van der Waals surface area contributed by atoms with Crippen LogP contribution in [0.5, 0.6) is 0 Å². The van der Waals surface area contributed by atoms with E-state index in [0.717, 1.165) is 49.9 Å². The molecule has 3 heterocycles. The van der Waals surface area contributed by atoms with Crippen LogP contribution in [0.4, 0.5) is 5.95 Å². The van der Waals surface area contributed by atoms with Gasteiger partial charge in [0.15, 0.2) is 0 Å². The number of nitrogens with zero attached hydrogens (tertiary/aromatic N) is 5. The lowest BCUT2D eigenvalue weighted by Crippen LogP contribution is -2.43. The van der Waals surface area contributed by atoms with Gasteiger partial charge in [0, 0.05) is 44.7 Å². The molecule has 2 aliphatic rings. The molecule has 1 saturated carbocycles. The van der Waals surface area contributed by atoms with Crippen molar-refractivity contribution >= 4 is 17.5 Å². The maximum absolute atomic E-state index is 5.86. The molecule has 0 bridgehead atoms. The third-order valence-corrected chi connectivity index (χ3v) is 5.16. The van der Waals surface area contributed by atoms with Crippen molar-refractivity contribution in [2.45, 2.75) is 44.2 Å². The monoisotopic (exact) mass is 347 g/mol. The Labute approximate surface area is 146 Å². The number of likely N-dealkylation sites (tertiary alicyclic amines) is 1. The third kappa shape index (κ3) is 3.54. The Bertz CT molecular complexity index is 677. The molecule has 0 spiro atoms. The van der Waals surface area contributed by atoms with Gasteiger partial charge in [0.1, 0.15) is 5.76 Å². The van der Waals surface area contributed by atoms with Crippen LogP contribution in [-0.4, -0.2) is 46.2 Å². The number of halogens is 1. The molecule has 1 aliphatic carbocycles. The Morgan fingerprint density at radius 3 is 2.58 bits per heavy atom. The highest BCUT2D eigenvalue weighted by Gasteiger charge is 2.29. The molecule has 0 aromatic carbocycles. The van der Waals surface area contributed by atoms with E-state index in [1.54, 1.807) is 12.4 Å². The SMILES string of the molecule is CN(c1ncc(Cl)cn1)C1CCN(Cc2cc(C3CC3)on2)CC1. The maximum atomic E-state index is 5.86. The van der Waals surface area contributed by atoms with Crippen LogP contribution in [0.3, 0.4) is 0 Å². The Kier molecular flexibility index (Phi) is 4.41. The topological polar surface area (TPSA) is 58.3 Å². The van der Waals surface area contributed by atoms with Crippen LogP contribution in [0.2, 0.25) is 5.02 Å². The van der Waals surface area contributed by atoms with Crippen molar-refractivity contribution in [3.63, 3.8) is 0 Å². The Hall–Kier alpha value is -1.66. The quantitative estimate of drug-likeness (QED) is 0.828. The van der Waals surface area contributed by atoms with E-state index in [0.29, 0.717) is 17.0 Å². The molecule has 4 rings (SSSR count). The van der Waals surface area contributed by atoms with E-state index >= 15 is 0 Å².